The van der Waals surface area contributed by atoms with E-state index >= 15 is 0 Å². The molecule has 1 aromatic heterocycles. The largest absolute Gasteiger partial charge is 0.478 e. The third-order valence-electron chi connectivity index (χ3n) is 3.83. The molecule has 1 atom stereocenters. The van der Waals surface area contributed by atoms with Gasteiger partial charge in [0, 0.05) is 24.2 Å². The first-order valence-electron chi connectivity index (χ1n) is 7.88. The zero-order valence-corrected chi connectivity index (χ0v) is 13.7. The predicted molar refractivity (Wildman–Crippen MR) is 90.2 cm³/mol. The molecule has 0 aliphatic carbocycles. The zero-order valence-electron chi connectivity index (χ0n) is 13.7. The highest BCUT2D eigenvalue weighted by atomic mass is 16.5. The molecular weight excluding hydrogens is 324 g/mol. The van der Waals surface area contributed by atoms with Crippen molar-refractivity contribution in [1.29, 1.82) is 0 Å². The normalized spacial score (nSPS) is 16.4. The van der Waals surface area contributed by atoms with Crippen molar-refractivity contribution < 1.29 is 24.2 Å². The average Bonchev–Trinajstić information content (AvgIpc) is 3.09. The number of aromatic carboxylic acids is 1. The Bertz CT molecular complexity index is 800. The summed E-state index contributed by atoms with van der Waals surface area (Å²) in [5.41, 5.74) is 1.42. The summed E-state index contributed by atoms with van der Waals surface area (Å²) in [7, 11) is 0. The summed E-state index contributed by atoms with van der Waals surface area (Å²) in [5.74, 6) is -1.19. The number of nitrogens with one attached hydrogen (secondary N) is 1. The molecule has 7 heteroatoms. The number of aromatic nitrogens is 1. The number of hydrogen-bond acceptors (Lipinski definition) is 5. The molecule has 0 radical (unpaired) electrons. The Morgan fingerprint density at radius 1 is 1.32 bits per heavy atom. The number of pyridine rings is 1. The van der Waals surface area contributed by atoms with Gasteiger partial charge in [0.2, 0.25) is 5.88 Å². The fraction of sp³-hybridized carbons (Fsp3) is 0.278. The Morgan fingerprint density at radius 2 is 2.16 bits per heavy atom. The minimum absolute atomic E-state index is 0.0435. The zero-order chi connectivity index (χ0) is 17.8. The van der Waals surface area contributed by atoms with Gasteiger partial charge in [-0.1, -0.05) is 11.6 Å². The third kappa shape index (κ3) is 4.13. The second-order valence-electron chi connectivity index (χ2n) is 5.79. The van der Waals surface area contributed by atoms with Crippen LogP contribution in [0.3, 0.4) is 0 Å². The van der Waals surface area contributed by atoms with E-state index in [9.17, 15) is 14.7 Å². The summed E-state index contributed by atoms with van der Waals surface area (Å²) >= 11 is 0. The number of carboxylic acid groups (broad SMARTS) is 1. The predicted octanol–water partition coefficient (Wildman–Crippen LogP) is 2.51. The van der Waals surface area contributed by atoms with Gasteiger partial charge in [0.25, 0.3) is 5.91 Å². The molecule has 0 bridgehead atoms. The molecule has 2 N–H and O–H groups in total. The lowest BCUT2D eigenvalue weighted by Gasteiger charge is -2.12. The molecule has 0 saturated carbocycles. The molecule has 1 fully saturated rings. The molecule has 1 aromatic carbocycles. The molecule has 130 valence electrons. The van der Waals surface area contributed by atoms with Crippen LogP contribution in [0.5, 0.6) is 5.88 Å². The van der Waals surface area contributed by atoms with Crippen LogP contribution in [-0.4, -0.2) is 41.3 Å². The molecule has 3 rings (SSSR count). The highest BCUT2D eigenvalue weighted by Gasteiger charge is 2.19. The van der Waals surface area contributed by atoms with E-state index in [2.05, 4.69) is 10.3 Å². The van der Waals surface area contributed by atoms with Gasteiger partial charge in [-0.25, -0.2) is 9.78 Å². The number of carbonyl (C=O) groups excluding carboxylic acids is 1. The first-order valence-corrected chi connectivity index (χ1v) is 7.88. The Balaban J connectivity index is 1.76. The van der Waals surface area contributed by atoms with Gasteiger partial charge < -0.3 is 19.9 Å². The number of hydrogen-bond donors (Lipinski definition) is 2. The van der Waals surface area contributed by atoms with Crippen molar-refractivity contribution in [3.8, 4) is 5.88 Å². The Morgan fingerprint density at radius 3 is 2.88 bits per heavy atom. The van der Waals surface area contributed by atoms with Gasteiger partial charge in [-0.05, 0) is 25.1 Å². The standard InChI is InChI=1S/C18H18N2O5/c1-11-2-3-15(14(8-11)18(22)23)20-17(21)12-4-6-19-16(9-12)25-13-5-7-24-10-13/h2-4,6,8-9,13H,5,7,10H2,1H3,(H,20,21)(H,22,23). The maximum atomic E-state index is 12.5. The lowest BCUT2D eigenvalue weighted by atomic mass is 10.1. The number of ether oxygens (including phenoxy) is 2. The van der Waals surface area contributed by atoms with Gasteiger partial charge in [0.05, 0.1) is 24.5 Å². The lowest BCUT2D eigenvalue weighted by molar-refractivity contribution is 0.0698. The highest BCUT2D eigenvalue weighted by molar-refractivity contribution is 6.07. The lowest BCUT2D eigenvalue weighted by Crippen LogP contribution is -2.18. The quantitative estimate of drug-likeness (QED) is 0.866. The Kier molecular flexibility index (Phi) is 4.95. The van der Waals surface area contributed by atoms with Crippen molar-refractivity contribution in [1.82, 2.24) is 4.98 Å². The second-order valence-corrected chi connectivity index (χ2v) is 5.79. The summed E-state index contributed by atoms with van der Waals surface area (Å²) in [5, 5.41) is 11.9. The minimum Gasteiger partial charge on any atom is -0.478 e. The van der Waals surface area contributed by atoms with E-state index in [1.165, 1.54) is 18.3 Å². The van der Waals surface area contributed by atoms with E-state index in [1.807, 2.05) is 0 Å². The van der Waals surface area contributed by atoms with E-state index in [0.717, 1.165) is 12.0 Å². The molecule has 2 aromatic rings. The number of nitrogens with zero attached hydrogens (tertiary/aromatic N) is 1. The van der Waals surface area contributed by atoms with Crippen LogP contribution < -0.4 is 10.1 Å². The number of carboxylic acids is 1. The van der Waals surface area contributed by atoms with Gasteiger partial charge in [-0.15, -0.1) is 0 Å². The van der Waals surface area contributed by atoms with Gasteiger partial charge in [-0.2, -0.15) is 0 Å². The molecule has 1 aliphatic rings. The molecule has 25 heavy (non-hydrogen) atoms. The van der Waals surface area contributed by atoms with Gasteiger partial charge in [0.15, 0.2) is 0 Å². The van der Waals surface area contributed by atoms with Crippen LogP contribution in [0.1, 0.15) is 32.7 Å². The average molecular weight is 342 g/mol. The van der Waals surface area contributed by atoms with Crippen LogP contribution in [0.15, 0.2) is 36.5 Å². The fourth-order valence-electron chi connectivity index (χ4n) is 2.53. The van der Waals surface area contributed by atoms with Crippen molar-refractivity contribution in [2.24, 2.45) is 0 Å². The number of amides is 1. The molecule has 1 saturated heterocycles. The number of rotatable bonds is 5. The van der Waals surface area contributed by atoms with E-state index in [4.69, 9.17) is 9.47 Å². The summed E-state index contributed by atoms with van der Waals surface area (Å²) in [4.78, 5) is 27.9. The Labute approximate surface area is 144 Å². The van der Waals surface area contributed by atoms with E-state index < -0.39 is 11.9 Å². The topological polar surface area (TPSA) is 97.8 Å². The first kappa shape index (κ1) is 16.9. The van der Waals surface area contributed by atoms with Gasteiger partial charge in [-0.3, -0.25) is 4.79 Å². The number of anilines is 1. The van der Waals surface area contributed by atoms with Crippen molar-refractivity contribution in [3.05, 3.63) is 53.2 Å². The van der Waals surface area contributed by atoms with E-state index in [-0.39, 0.29) is 17.4 Å². The maximum absolute atomic E-state index is 12.5. The summed E-state index contributed by atoms with van der Waals surface area (Å²) < 4.78 is 10.9. The molecule has 1 aliphatic heterocycles. The van der Waals surface area contributed by atoms with Crippen LogP contribution >= 0.6 is 0 Å². The van der Waals surface area contributed by atoms with Crippen molar-refractivity contribution in [3.63, 3.8) is 0 Å². The van der Waals surface area contributed by atoms with E-state index in [0.29, 0.717) is 24.7 Å². The number of benzene rings is 1. The minimum atomic E-state index is -1.10. The molecule has 0 spiro atoms. The molecule has 7 nitrogen and oxygen atoms in total. The van der Waals surface area contributed by atoms with E-state index in [1.54, 1.807) is 25.1 Å². The maximum Gasteiger partial charge on any atom is 0.337 e. The fourth-order valence-corrected chi connectivity index (χ4v) is 2.53. The van der Waals surface area contributed by atoms with Crippen molar-refractivity contribution >= 4 is 17.6 Å². The third-order valence-corrected chi connectivity index (χ3v) is 3.83. The monoisotopic (exact) mass is 342 g/mol. The van der Waals surface area contributed by atoms with Crippen LogP contribution in [-0.2, 0) is 4.74 Å². The van der Waals surface area contributed by atoms with Crippen molar-refractivity contribution in [2.75, 3.05) is 18.5 Å². The Hall–Kier alpha value is -2.93. The first-order chi connectivity index (χ1) is 12.0. The van der Waals surface area contributed by atoms with Gasteiger partial charge >= 0.3 is 5.97 Å². The second kappa shape index (κ2) is 7.31. The van der Waals surface area contributed by atoms with Gasteiger partial charge in [0.1, 0.15) is 6.10 Å². The molecule has 1 amide bonds. The smallest absolute Gasteiger partial charge is 0.337 e. The number of carbonyl (C=O) groups is 2. The summed E-state index contributed by atoms with van der Waals surface area (Å²) in [6.45, 7) is 2.94. The van der Waals surface area contributed by atoms with Crippen molar-refractivity contribution in [2.45, 2.75) is 19.4 Å². The van der Waals surface area contributed by atoms with Crippen LogP contribution in [0.4, 0.5) is 5.69 Å². The summed E-state index contributed by atoms with van der Waals surface area (Å²) in [6.07, 6.45) is 2.19. The molecule has 1 unspecified atom stereocenters. The van der Waals surface area contributed by atoms with Crippen LogP contribution in [0.25, 0.3) is 0 Å². The van der Waals surface area contributed by atoms with Crippen LogP contribution in [0.2, 0.25) is 0 Å². The highest BCUT2D eigenvalue weighted by Crippen LogP contribution is 2.20. The molecular formula is C18H18N2O5. The molecule has 2 heterocycles. The summed E-state index contributed by atoms with van der Waals surface area (Å²) in [6, 6.07) is 7.90. The SMILES string of the molecule is Cc1ccc(NC(=O)c2ccnc(OC3CCOC3)c2)c(C(=O)O)c1. The number of aryl methyl sites for hydroxylation is 1. The van der Waals surface area contributed by atoms with Crippen LogP contribution in [0, 0.1) is 6.92 Å².